The largest absolute Gasteiger partial charge is 0.497 e. The van der Waals surface area contributed by atoms with E-state index in [4.69, 9.17) is 4.74 Å². The fraction of sp³-hybridized carbons (Fsp3) is 0.625. The summed E-state index contributed by atoms with van der Waals surface area (Å²) >= 11 is 1.95. The van der Waals surface area contributed by atoms with Gasteiger partial charge in [0.25, 0.3) is 0 Å². The van der Waals surface area contributed by atoms with Crippen LogP contribution in [-0.2, 0) is 0 Å². The fourth-order valence-corrected chi connectivity index (χ4v) is 3.83. The normalized spacial score (nSPS) is 19.0. The Bertz CT molecular complexity index is 446. The van der Waals surface area contributed by atoms with E-state index in [1.807, 2.05) is 30.8 Å². The van der Waals surface area contributed by atoms with E-state index in [1.54, 1.807) is 7.11 Å². The standard InChI is InChI=1S/C16H24FNOS/c1-12(14-7-6-13(19-2)10-15(14)17)18-11-16(20-3)8-4-5-9-16/h6-7,10,12,18H,4-5,8-9,11H2,1-3H3. The quantitative estimate of drug-likeness (QED) is 0.852. The first-order valence-corrected chi connectivity index (χ1v) is 8.45. The zero-order valence-corrected chi connectivity index (χ0v) is 13.4. The zero-order valence-electron chi connectivity index (χ0n) is 12.5. The topological polar surface area (TPSA) is 21.3 Å². The maximum atomic E-state index is 14.0. The molecule has 1 unspecified atom stereocenters. The summed E-state index contributed by atoms with van der Waals surface area (Å²) in [7, 11) is 1.55. The number of benzene rings is 1. The van der Waals surface area contributed by atoms with Crippen molar-refractivity contribution in [1.29, 1.82) is 0 Å². The van der Waals surface area contributed by atoms with Gasteiger partial charge in [0.1, 0.15) is 11.6 Å². The van der Waals surface area contributed by atoms with Crippen molar-refractivity contribution in [3.05, 3.63) is 29.6 Å². The van der Waals surface area contributed by atoms with Crippen LogP contribution in [0.15, 0.2) is 18.2 Å². The highest BCUT2D eigenvalue weighted by Crippen LogP contribution is 2.40. The fourth-order valence-electron chi connectivity index (χ4n) is 2.91. The number of nitrogens with one attached hydrogen (secondary N) is 1. The Labute approximate surface area is 125 Å². The molecule has 0 amide bonds. The molecule has 0 radical (unpaired) electrons. The van der Waals surface area contributed by atoms with Gasteiger partial charge in [0.15, 0.2) is 0 Å². The van der Waals surface area contributed by atoms with Gasteiger partial charge in [-0.2, -0.15) is 11.8 Å². The molecule has 1 aromatic rings. The zero-order chi connectivity index (χ0) is 14.6. The molecular formula is C16H24FNOS. The van der Waals surface area contributed by atoms with E-state index in [2.05, 4.69) is 11.6 Å². The van der Waals surface area contributed by atoms with E-state index in [9.17, 15) is 4.39 Å². The van der Waals surface area contributed by atoms with Crippen LogP contribution in [0.4, 0.5) is 4.39 Å². The van der Waals surface area contributed by atoms with Crippen molar-refractivity contribution in [2.45, 2.75) is 43.4 Å². The molecule has 0 aliphatic heterocycles. The molecule has 0 spiro atoms. The maximum Gasteiger partial charge on any atom is 0.131 e. The lowest BCUT2D eigenvalue weighted by atomic mass is 10.0. The SMILES string of the molecule is COc1ccc(C(C)NCC2(SC)CCCC2)c(F)c1. The summed E-state index contributed by atoms with van der Waals surface area (Å²) in [5.74, 6) is 0.365. The Morgan fingerprint density at radius 2 is 2.10 bits per heavy atom. The molecule has 20 heavy (non-hydrogen) atoms. The van der Waals surface area contributed by atoms with E-state index in [0.717, 1.165) is 6.54 Å². The van der Waals surface area contributed by atoms with Gasteiger partial charge in [-0.1, -0.05) is 18.9 Å². The molecule has 0 saturated heterocycles. The Hall–Kier alpha value is -0.740. The first kappa shape index (κ1) is 15.6. The van der Waals surface area contributed by atoms with E-state index < -0.39 is 0 Å². The molecule has 0 heterocycles. The van der Waals surface area contributed by atoms with Crippen LogP contribution in [0.1, 0.15) is 44.2 Å². The summed E-state index contributed by atoms with van der Waals surface area (Å²) in [5.41, 5.74) is 0.708. The van der Waals surface area contributed by atoms with E-state index in [-0.39, 0.29) is 11.9 Å². The first-order chi connectivity index (χ1) is 9.60. The van der Waals surface area contributed by atoms with Crippen LogP contribution in [0.25, 0.3) is 0 Å². The van der Waals surface area contributed by atoms with Gasteiger partial charge in [0.05, 0.1) is 7.11 Å². The number of methoxy groups -OCH3 is 1. The van der Waals surface area contributed by atoms with Gasteiger partial charge in [-0.3, -0.25) is 0 Å². The lowest BCUT2D eigenvalue weighted by Gasteiger charge is -2.29. The average molecular weight is 297 g/mol. The highest BCUT2D eigenvalue weighted by Gasteiger charge is 2.33. The molecule has 1 aromatic carbocycles. The summed E-state index contributed by atoms with van der Waals surface area (Å²) in [6, 6.07) is 5.10. The van der Waals surface area contributed by atoms with Gasteiger partial charge >= 0.3 is 0 Å². The maximum absolute atomic E-state index is 14.0. The highest BCUT2D eigenvalue weighted by molar-refractivity contribution is 8.00. The predicted octanol–water partition coefficient (Wildman–Crippen LogP) is 4.16. The first-order valence-electron chi connectivity index (χ1n) is 7.22. The molecule has 1 N–H and O–H groups in total. The number of hydrogen-bond donors (Lipinski definition) is 1. The van der Waals surface area contributed by atoms with Crippen molar-refractivity contribution in [3.8, 4) is 5.75 Å². The molecule has 1 atom stereocenters. The molecule has 2 nitrogen and oxygen atoms in total. The third-order valence-electron chi connectivity index (χ3n) is 4.35. The van der Waals surface area contributed by atoms with Crippen molar-refractivity contribution >= 4 is 11.8 Å². The second-order valence-electron chi connectivity index (χ2n) is 5.58. The van der Waals surface area contributed by atoms with Crippen LogP contribution in [0.5, 0.6) is 5.75 Å². The number of hydrogen-bond acceptors (Lipinski definition) is 3. The van der Waals surface area contributed by atoms with Crippen LogP contribution in [0, 0.1) is 5.82 Å². The minimum Gasteiger partial charge on any atom is -0.497 e. The molecule has 2 rings (SSSR count). The molecule has 1 saturated carbocycles. The van der Waals surface area contributed by atoms with Crippen molar-refractivity contribution in [2.75, 3.05) is 19.9 Å². The molecule has 0 bridgehead atoms. The van der Waals surface area contributed by atoms with E-state index in [1.165, 1.54) is 31.7 Å². The lowest BCUT2D eigenvalue weighted by Crippen LogP contribution is -2.36. The van der Waals surface area contributed by atoms with Crippen molar-refractivity contribution in [2.24, 2.45) is 0 Å². The minimum absolute atomic E-state index is 0.0190. The van der Waals surface area contributed by atoms with Crippen LogP contribution < -0.4 is 10.1 Å². The second-order valence-corrected chi connectivity index (χ2v) is 6.86. The van der Waals surface area contributed by atoms with Crippen molar-refractivity contribution in [1.82, 2.24) is 5.32 Å². The lowest BCUT2D eigenvalue weighted by molar-refractivity contribution is 0.409. The van der Waals surface area contributed by atoms with Gasteiger partial charge in [-0.25, -0.2) is 4.39 Å². The van der Waals surface area contributed by atoms with Gasteiger partial charge in [0.2, 0.25) is 0 Å². The van der Waals surface area contributed by atoms with Crippen LogP contribution in [-0.4, -0.2) is 24.7 Å². The molecule has 1 fully saturated rings. The number of halogens is 1. The Morgan fingerprint density at radius 3 is 2.65 bits per heavy atom. The third kappa shape index (κ3) is 3.47. The van der Waals surface area contributed by atoms with Crippen molar-refractivity contribution in [3.63, 3.8) is 0 Å². The minimum atomic E-state index is -0.200. The van der Waals surface area contributed by atoms with Crippen LogP contribution >= 0.6 is 11.8 Å². The Balaban J connectivity index is 1.99. The number of rotatable bonds is 6. The second kappa shape index (κ2) is 6.81. The van der Waals surface area contributed by atoms with Gasteiger partial charge in [-0.15, -0.1) is 0 Å². The summed E-state index contributed by atoms with van der Waals surface area (Å²) in [4.78, 5) is 0. The third-order valence-corrected chi connectivity index (χ3v) is 5.77. The van der Waals surface area contributed by atoms with Gasteiger partial charge < -0.3 is 10.1 Å². The molecule has 4 heteroatoms. The molecule has 1 aliphatic carbocycles. The van der Waals surface area contributed by atoms with Crippen LogP contribution in [0.3, 0.4) is 0 Å². The van der Waals surface area contributed by atoms with Gasteiger partial charge in [-0.05, 0) is 32.1 Å². The molecule has 112 valence electrons. The van der Waals surface area contributed by atoms with Gasteiger partial charge in [0, 0.05) is 29.0 Å². The average Bonchev–Trinajstić information content (AvgIpc) is 2.94. The van der Waals surface area contributed by atoms with E-state index >= 15 is 0 Å². The van der Waals surface area contributed by atoms with E-state index in [0.29, 0.717) is 16.1 Å². The van der Waals surface area contributed by atoms with Crippen LogP contribution in [0.2, 0.25) is 0 Å². The summed E-state index contributed by atoms with van der Waals surface area (Å²) in [5, 5.41) is 3.51. The van der Waals surface area contributed by atoms with Crippen molar-refractivity contribution < 1.29 is 9.13 Å². The smallest absolute Gasteiger partial charge is 0.131 e. The number of thioether (sulfide) groups is 1. The summed E-state index contributed by atoms with van der Waals surface area (Å²) in [6.45, 7) is 2.97. The predicted molar refractivity (Wildman–Crippen MR) is 84.1 cm³/mol. The number of ether oxygens (including phenoxy) is 1. The monoisotopic (exact) mass is 297 g/mol. The highest BCUT2D eigenvalue weighted by atomic mass is 32.2. The molecule has 1 aliphatic rings. The molecular weight excluding hydrogens is 273 g/mol. The Morgan fingerprint density at radius 1 is 1.40 bits per heavy atom. The summed E-state index contributed by atoms with van der Waals surface area (Å²) < 4.78 is 19.4. The summed E-state index contributed by atoms with van der Waals surface area (Å²) in [6.07, 6.45) is 7.34. The Kier molecular flexibility index (Phi) is 5.33. The molecule has 0 aromatic heterocycles.